The van der Waals surface area contributed by atoms with Gasteiger partial charge in [-0.1, -0.05) is 0 Å². The van der Waals surface area contributed by atoms with Crippen molar-refractivity contribution in [3.05, 3.63) is 11.6 Å². The van der Waals surface area contributed by atoms with Crippen molar-refractivity contribution in [3.8, 4) is 0 Å². The van der Waals surface area contributed by atoms with Crippen LogP contribution in [-0.4, -0.2) is 64.8 Å². The van der Waals surface area contributed by atoms with Crippen LogP contribution in [0.5, 0.6) is 0 Å². The van der Waals surface area contributed by atoms with Gasteiger partial charge in [0.25, 0.3) is 0 Å². The molecule has 1 fully saturated rings. The SMILES string of the molecule is Cc1nnc(CN=C(NCCNC(=O)OC(C)(C)C)NCC2CCCO2)n1C. The summed E-state index contributed by atoms with van der Waals surface area (Å²) < 4.78 is 12.8. The molecule has 0 bridgehead atoms. The Hall–Kier alpha value is -2.36. The number of aryl methyl sites for hydroxylation is 1. The van der Waals surface area contributed by atoms with Crippen LogP contribution in [0.4, 0.5) is 4.79 Å². The molecule has 1 amide bonds. The first-order valence-electron chi connectivity index (χ1n) is 9.70. The Labute approximate surface area is 166 Å². The maximum Gasteiger partial charge on any atom is 0.407 e. The first-order valence-corrected chi connectivity index (χ1v) is 9.70. The van der Waals surface area contributed by atoms with Crippen molar-refractivity contribution in [1.82, 2.24) is 30.7 Å². The number of hydrogen-bond acceptors (Lipinski definition) is 6. The van der Waals surface area contributed by atoms with E-state index in [-0.39, 0.29) is 6.10 Å². The minimum Gasteiger partial charge on any atom is -0.444 e. The highest BCUT2D eigenvalue weighted by Gasteiger charge is 2.17. The van der Waals surface area contributed by atoms with Crippen molar-refractivity contribution >= 4 is 12.1 Å². The summed E-state index contributed by atoms with van der Waals surface area (Å²) >= 11 is 0. The summed E-state index contributed by atoms with van der Waals surface area (Å²) in [6.07, 6.45) is 1.89. The van der Waals surface area contributed by atoms with Gasteiger partial charge in [0.15, 0.2) is 11.8 Å². The van der Waals surface area contributed by atoms with E-state index in [2.05, 4.69) is 31.1 Å². The molecule has 28 heavy (non-hydrogen) atoms. The molecule has 0 aliphatic carbocycles. The molecule has 1 unspecified atom stereocenters. The number of guanidine groups is 1. The first-order chi connectivity index (χ1) is 13.2. The van der Waals surface area contributed by atoms with Gasteiger partial charge in [-0.3, -0.25) is 0 Å². The first kappa shape index (κ1) is 21.9. The minimum atomic E-state index is -0.513. The maximum atomic E-state index is 11.7. The second kappa shape index (κ2) is 10.3. The minimum absolute atomic E-state index is 0.198. The van der Waals surface area contributed by atoms with E-state index in [0.29, 0.717) is 32.1 Å². The molecule has 1 aliphatic heterocycles. The van der Waals surface area contributed by atoms with Crippen LogP contribution in [0.25, 0.3) is 0 Å². The van der Waals surface area contributed by atoms with E-state index in [9.17, 15) is 4.79 Å². The lowest BCUT2D eigenvalue weighted by Gasteiger charge is -2.20. The standard InChI is InChI=1S/C18H33N7O3/c1-13-23-24-15(25(13)5)12-22-16(21-11-14-7-6-10-27-14)19-8-9-20-17(26)28-18(2,3)4/h14H,6-12H2,1-5H3,(H,20,26)(H2,19,21,22). The topological polar surface area (TPSA) is 115 Å². The van der Waals surface area contributed by atoms with Gasteiger partial charge in [0.2, 0.25) is 0 Å². The summed E-state index contributed by atoms with van der Waals surface area (Å²) in [6, 6.07) is 0. The molecule has 2 rings (SSSR count). The fourth-order valence-electron chi connectivity index (χ4n) is 2.59. The summed E-state index contributed by atoms with van der Waals surface area (Å²) in [4.78, 5) is 16.3. The number of nitrogens with one attached hydrogen (secondary N) is 3. The average molecular weight is 396 g/mol. The van der Waals surface area contributed by atoms with Crippen LogP contribution in [0.3, 0.4) is 0 Å². The van der Waals surface area contributed by atoms with E-state index >= 15 is 0 Å². The third-order valence-corrected chi connectivity index (χ3v) is 4.17. The highest BCUT2D eigenvalue weighted by Crippen LogP contribution is 2.10. The fourth-order valence-corrected chi connectivity index (χ4v) is 2.59. The van der Waals surface area contributed by atoms with E-state index in [4.69, 9.17) is 9.47 Å². The molecular formula is C18H33N7O3. The summed E-state index contributed by atoms with van der Waals surface area (Å²) in [5, 5.41) is 17.4. The number of alkyl carbamates (subject to hydrolysis) is 1. The summed E-state index contributed by atoms with van der Waals surface area (Å²) in [5.74, 6) is 2.26. The van der Waals surface area contributed by atoms with E-state index in [1.807, 2.05) is 39.3 Å². The van der Waals surface area contributed by atoms with Gasteiger partial charge in [-0.15, -0.1) is 10.2 Å². The zero-order valence-electron chi connectivity index (χ0n) is 17.5. The van der Waals surface area contributed by atoms with Crippen LogP contribution in [0.1, 0.15) is 45.3 Å². The second-order valence-corrected chi connectivity index (χ2v) is 7.76. The summed E-state index contributed by atoms with van der Waals surface area (Å²) in [5.41, 5.74) is -0.513. The highest BCUT2D eigenvalue weighted by atomic mass is 16.6. The molecule has 1 saturated heterocycles. The monoisotopic (exact) mass is 395 g/mol. The van der Waals surface area contributed by atoms with Gasteiger partial charge in [-0.2, -0.15) is 0 Å². The molecule has 2 heterocycles. The highest BCUT2D eigenvalue weighted by molar-refractivity contribution is 5.79. The number of amides is 1. The van der Waals surface area contributed by atoms with Gasteiger partial charge < -0.3 is 30.0 Å². The van der Waals surface area contributed by atoms with Gasteiger partial charge in [0.1, 0.15) is 18.0 Å². The Balaban J connectivity index is 1.83. The van der Waals surface area contributed by atoms with Crippen molar-refractivity contribution in [2.24, 2.45) is 12.0 Å². The second-order valence-electron chi connectivity index (χ2n) is 7.76. The normalized spacial score (nSPS) is 17.5. The lowest BCUT2D eigenvalue weighted by molar-refractivity contribution is 0.0529. The van der Waals surface area contributed by atoms with Crippen LogP contribution in [0.2, 0.25) is 0 Å². The van der Waals surface area contributed by atoms with Crippen molar-refractivity contribution in [1.29, 1.82) is 0 Å². The van der Waals surface area contributed by atoms with E-state index < -0.39 is 11.7 Å². The van der Waals surface area contributed by atoms with Crippen LogP contribution in [0.15, 0.2) is 4.99 Å². The smallest absolute Gasteiger partial charge is 0.407 e. The third kappa shape index (κ3) is 7.71. The van der Waals surface area contributed by atoms with E-state index in [1.165, 1.54) is 0 Å². The van der Waals surface area contributed by atoms with Gasteiger partial charge >= 0.3 is 6.09 Å². The number of hydrogen-bond donors (Lipinski definition) is 3. The molecule has 1 aromatic rings. The van der Waals surface area contributed by atoms with Crippen LogP contribution < -0.4 is 16.0 Å². The average Bonchev–Trinajstić information content (AvgIpc) is 3.23. The zero-order chi connectivity index (χ0) is 20.6. The molecule has 0 saturated carbocycles. The Morgan fingerprint density at radius 1 is 1.29 bits per heavy atom. The third-order valence-electron chi connectivity index (χ3n) is 4.17. The number of carbonyl (C=O) groups excluding carboxylic acids is 1. The predicted molar refractivity (Wildman–Crippen MR) is 106 cm³/mol. The van der Waals surface area contributed by atoms with Gasteiger partial charge in [-0.05, 0) is 40.5 Å². The van der Waals surface area contributed by atoms with Crippen molar-refractivity contribution in [2.75, 3.05) is 26.2 Å². The van der Waals surface area contributed by atoms with Crippen LogP contribution in [-0.2, 0) is 23.1 Å². The molecule has 10 nitrogen and oxygen atoms in total. The zero-order valence-corrected chi connectivity index (χ0v) is 17.5. The molecule has 0 radical (unpaired) electrons. The Morgan fingerprint density at radius 3 is 2.64 bits per heavy atom. The Bertz CT molecular complexity index is 661. The molecule has 1 aliphatic rings. The lowest BCUT2D eigenvalue weighted by Crippen LogP contribution is -2.44. The van der Waals surface area contributed by atoms with Gasteiger partial charge in [-0.25, -0.2) is 9.79 Å². The van der Waals surface area contributed by atoms with Crippen LogP contribution in [0, 0.1) is 6.92 Å². The largest absolute Gasteiger partial charge is 0.444 e. The van der Waals surface area contributed by atoms with Crippen molar-refractivity contribution < 1.29 is 14.3 Å². The molecule has 0 spiro atoms. The predicted octanol–water partition coefficient (Wildman–Crippen LogP) is 0.862. The van der Waals surface area contributed by atoms with Gasteiger partial charge in [0, 0.05) is 33.3 Å². The molecule has 158 valence electrons. The molecule has 3 N–H and O–H groups in total. The summed E-state index contributed by atoms with van der Waals surface area (Å²) in [7, 11) is 1.91. The molecule has 1 aromatic heterocycles. The maximum absolute atomic E-state index is 11.7. The molecule has 1 atom stereocenters. The molecular weight excluding hydrogens is 362 g/mol. The van der Waals surface area contributed by atoms with Gasteiger partial charge in [0.05, 0.1) is 6.10 Å². The molecule has 0 aromatic carbocycles. The number of ether oxygens (including phenoxy) is 2. The number of aliphatic imine (C=N–C) groups is 1. The lowest BCUT2D eigenvalue weighted by atomic mass is 10.2. The molecule has 10 heteroatoms. The Kier molecular flexibility index (Phi) is 8.04. The van der Waals surface area contributed by atoms with E-state index in [0.717, 1.165) is 31.1 Å². The quantitative estimate of drug-likeness (QED) is 0.356. The van der Waals surface area contributed by atoms with E-state index in [1.54, 1.807) is 0 Å². The number of nitrogens with zero attached hydrogens (tertiary/aromatic N) is 4. The number of rotatable bonds is 7. The summed E-state index contributed by atoms with van der Waals surface area (Å²) in [6.45, 7) is 10.2. The fraction of sp³-hybridized carbons (Fsp3) is 0.778. The van der Waals surface area contributed by atoms with Crippen molar-refractivity contribution in [3.63, 3.8) is 0 Å². The Morgan fingerprint density at radius 2 is 2.04 bits per heavy atom. The number of aromatic nitrogens is 3. The van der Waals surface area contributed by atoms with Crippen LogP contribution >= 0.6 is 0 Å². The van der Waals surface area contributed by atoms with Crippen molar-refractivity contribution in [2.45, 2.75) is 58.8 Å². The number of carbonyl (C=O) groups is 1.